The maximum Gasteiger partial charge on any atom is 0.235 e. The molecule has 284 valence electrons. The van der Waals surface area contributed by atoms with Gasteiger partial charge in [0, 0.05) is 49.6 Å². The van der Waals surface area contributed by atoms with E-state index in [1.165, 1.54) is 32.3 Å². The lowest BCUT2D eigenvalue weighted by Gasteiger charge is -2.26. The molecule has 5 heteroatoms. The molecule has 0 fully saturated rings. The molecule has 0 aliphatic rings. The Hall–Kier alpha value is -8.28. The number of benzene rings is 10. The molecule has 10 aromatic carbocycles. The Labute approximate surface area is 350 Å². The lowest BCUT2D eigenvalue weighted by molar-refractivity contribution is 0.670. The molecule has 0 N–H and O–H groups in total. The molecule has 0 aliphatic carbocycles. The fourth-order valence-corrected chi connectivity index (χ4v) is 9.60. The summed E-state index contributed by atoms with van der Waals surface area (Å²) in [6.45, 7) is 0. The van der Waals surface area contributed by atoms with E-state index in [1.54, 1.807) is 0 Å². The quantitative estimate of drug-likeness (QED) is 0.175. The minimum absolute atomic E-state index is 0.602. The van der Waals surface area contributed by atoms with E-state index in [9.17, 15) is 0 Å². The molecule has 3 aromatic heterocycles. The van der Waals surface area contributed by atoms with Crippen molar-refractivity contribution in [3.8, 4) is 17.2 Å². The summed E-state index contributed by atoms with van der Waals surface area (Å²) in [5.41, 5.74) is 9.59. The van der Waals surface area contributed by atoms with Crippen LogP contribution in [0.4, 0.5) is 17.1 Å². The van der Waals surface area contributed by atoms with Crippen LogP contribution in [0.2, 0.25) is 0 Å². The maximum absolute atomic E-state index is 6.77. The minimum Gasteiger partial charge on any atom is -0.455 e. The van der Waals surface area contributed by atoms with Crippen molar-refractivity contribution >= 4 is 104 Å². The van der Waals surface area contributed by atoms with Gasteiger partial charge in [0.15, 0.2) is 0 Å². The summed E-state index contributed by atoms with van der Waals surface area (Å²) in [6.07, 6.45) is 0. The Morgan fingerprint density at radius 2 is 1.02 bits per heavy atom. The van der Waals surface area contributed by atoms with E-state index >= 15 is 0 Å². The van der Waals surface area contributed by atoms with Crippen molar-refractivity contribution < 1.29 is 4.42 Å². The fourth-order valence-electron chi connectivity index (χ4n) is 9.60. The van der Waals surface area contributed by atoms with Crippen LogP contribution in [0.25, 0.3) is 104 Å². The van der Waals surface area contributed by atoms with Crippen molar-refractivity contribution in [3.05, 3.63) is 206 Å². The largest absolute Gasteiger partial charge is 0.455 e. The number of fused-ring (bicyclic) bond motifs is 12. The highest BCUT2D eigenvalue weighted by Gasteiger charge is 2.23. The number of nitrogens with zero attached hydrogens (tertiary/aromatic N) is 4. The van der Waals surface area contributed by atoms with Gasteiger partial charge in [-0.05, 0) is 99.0 Å². The van der Waals surface area contributed by atoms with Crippen LogP contribution in [-0.4, -0.2) is 14.5 Å². The first kappa shape index (κ1) is 33.7. The van der Waals surface area contributed by atoms with E-state index in [0.717, 1.165) is 83.0 Å². The smallest absolute Gasteiger partial charge is 0.235 e. The summed E-state index contributed by atoms with van der Waals surface area (Å²) < 4.78 is 9.02. The van der Waals surface area contributed by atoms with Crippen LogP contribution >= 0.6 is 0 Å². The van der Waals surface area contributed by atoms with Crippen LogP contribution in [0, 0.1) is 0 Å². The molecule has 0 aliphatic heterocycles. The second-order valence-electron chi connectivity index (χ2n) is 15.8. The van der Waals surface area contributed by atoms with E-state index in [1.807, 2.05) is 6.07 Å². The van der Waals surface area contributed by atoms with Crippen LogP contribution in [0.5, 0.6) is 0 Å². The zero-order valence-corrected chi connectivity index (χ0v) is 32.8. The van der Waals surface area contributed by atoms with Gasteiger partial charge in [0.2, 0.25) is 5.95 Å². The predicted octanol–water partition coefficient (Wildman–Crippen LogP) is 15.2. The Morgan fingerprint density at radius 1 is 0.393 bits per heavy atom. The first-order chi connectivity index (χ1) is 30.2. The highest BCUT2D eigenvalue weighted by molar-refractivity contribution is 6.23. The number of rotatable bonds is 5. The third-order valence-electron chi connectivity index (χ3n) is 12.3. The third kappa shape index (κ3) is 5.14. The Kier molecular flexibility index (Phi) is 7.24. The molecule has 5 nitrogen and oxygen atoms in total. The van der Waals surface area contributed by atoms with Crippen LogP contribution in [0.15, 0.2) is 211 Å². The third-order valence-corrected chi connectivity index (χ3v) is 12.3. The summed E-state index contributed by atoms with van der Waals surface area (Å²) in [5.74, 6) is 0.602. The molecule has 0 bridgehead atoms. The SMILES string of the molecule is c1ccc(N(c2ccc3ccccc3c2)c2ccc3c(c2)c2c4ccccc4ccc2n3-c2nc(-c3cccc4c3oc3ccc5ccccc5c34)c3ccccc3n2)cc1. The molecule has 0 radical (unpaired) electrons. The first-order valence-corrected chi connectivity index (χ1v) is 20.7. The molecule has 3 heterocycles. The Morgan fingerprint density at radius 3 is 1.85 bits per heavy atom. The van der Waals surface area contributed by atoms with Gasteiger partial charge >= 0.3 is 0 Å². The summed E-state index contributed by atoms with van der Waals surface area (Å²) in [4.78, 5) is 13.2. The number of hydrogen-bond donors (Lipinski definition) is 0. The Balaban J connectivity index is 1.08. The van der Waals surface area contributed by atoms with E-state index in [2.05, 4.69) is 210 Å². The van der Waals surface area contributed by atoms with E-state index < -0.39 is 0 Å². The Bertz CT molecular complexity index is 3900. The highest BCUT2D eigenvalue weighted by atomic mass is 16.3. The second-order valence-corrected chi connectivity index (χ2v) is 15.8. The number of para-hydroxylation sites is 3. The predicted molar refractivity (Wildman–Crippen MR) is 254 cm³/mol. The van der Waals surface area contributed by atoms with Crippen molar-refractivity contribution in [2.75, 3.05) is 4.90 Å². The first-order valence-electron chi connectivity index (χ1n) is 20.7. The number of aromatic nitrogens is 3. The summed E-state index contributed by atoms with van der Waals surface area (Å²) in [5, 5.41) is 12.6. The zero-order valence-electron chi connectivity index (χ0n) is 32.8. The van der Waals surface area contributed by atoms with Crippen molar-refractivity contribution in [1.82, 2.24) is 14.5 Å². The lowest BCUT2D eigenvalue weighted by Crippen LogP contribution is -2.10. The van der Waals surface area contributed by atoms with Crippen molar-refractivity contribution in [1.29, 1.82) is 0 Å². The normalized spacial score (nSPS) is 11.9. The van der Waals surface area contributed by atoms with Gasteiger partial charge in [-0.15, -0.1) is 0 Å². The molecule has 0 saturated carbocycles. The van der Waals surface area contributed by atoms with Gasteiger partial charge in [0.25, 0.3) is 0 Å². The molecule has 0 saturated heterocycles. The minimum atomic E-state index is 0.602. The monoisotopic (exact) mass is 778 g/mol. The van der Waals surface area contributed by atoms with E-state index in [4.69, 9.17) is 14.4 Å². The number of anilines is 3. The fraction of sp³-hybridized carbons (Fsp3) is 0. The molecule has 0 spiro atoms. The van der Waals surface area contributed by atoms with Crippen LogP contribution in [0.3, 0.4) is 0 Å². The molecule has 0 unspecified atom stereocenters. The topological polar surface area (TPSA) is 47.1 Å². The van der Waals surface area contributed by atoms with Gasteiger partial charge in [0.1, 0.15) is 11.2 Å². The van der Waals surface area contributed by atoms with Crippen molar-refractivity contribution in [2.45, 2.75) is 0 Å². The molecule has 13 rings (SSSR count). The summed E-state index contributed by atoms with van der Waals surface area (Å²) in [6, 6.07) is 73.2. The molecule has 13 aromatic rings. The van der Waals surface area contributed by atoms with Gasteiger partial charge in [-0.3, -0.25) is 4.57 Å². The molecule has 0 amide bonds. The highest BCUT2D eigenvalue weighted by Crippen LogP contribution is 2.44. The molecule has 61 heavy (non-hydrogen) atoms. The van der Waals surface area contributed by atoms with Crippen molar-refractivity contribution in [3.63, 3.8) is 0 Å². The maximum atomic E-state index is 6.77. The van der Waals surface area contributed by atoms with Crippen LogP contribution in [-0.2, 0) is 0 Å². The average Bonchev–Trinajstić information content (AvgIpc) is 3.88. The average molecular weight is 779 g/mol. The molecular weight excluding hydrogens is 745 g/mol. The van der Waals surface area contributed by atoms with Crippen molar-refractivity contribution in [2.24, 2.45) is 0 Å². The molecule has 0 atom stereocenters. The van der Waals surface area contributed by atoms with Crippen LogP contribution in [0.1, 0.15) is 0 Å². The summed E-state index contributed by atoms with van der Waals surface area (Å²) in [7, 11) is 0. The standard InChI is InChI=1S/C56H34N4O/c1-2-17-39(18-3-1)59(40-28-25-35-13-4-5-16-38(35)33-40)41-29-31-49-47(34-41)52-42-19-8-6-14-36(42)26-30-50(52)60(49)56-57-48-24-11-10-21-44(48)54(58-56)46-23-12-22-45-53-43-20-9-7-15-37(43)27-32-51(53)61-55(45)46/h1-34H. The van der Waals surface area contributed by atoms with E-state index in [0.29, 0.717) is 5.95 Å². The lowest BCUT2D eigenvalue weighted by atomic mass is 10.0. The number of furan rings is 1. The van der Waals surface area contributed by atoms with E-state index in [-0.39, 0.29) is 0 Å². The van der Waals surface area contributed by atoms with Gasteiger partial charge < -0.3 is 9.32 Å². The second kappa shape index (κ2) is 13.1. The number of hydrogen-bond acceptors (Lipinski definition) is 4. The van der Waals surface area contributed by atoms with Gasteiger partial charge in [-0.1, -0.05) is 140 Å². The van der Waals surface area contributed by atoms with Crippen LogP contribution < -0.4 is 4.90 Å². The summed E-state index contributed by atoms with van der Waals surface area (Å²) >= 11 is 0. The zero-order chi connectivity index (χ0) is 40.0. The van der Waals surface area contributed by atoms with Gasteiger partial charge in [-0.2, -0.15) is 0 Å². The van der Waals surface area contributed by atoms with Gasteiger partial charge in [-0.25, -0.2) is 9.97 Å². The molecular formula is C56H34N4O. The van der Waals surface area contributed by atoms with Gasteiger partial charge in [0.05, 0.1) is 22.2 Å².